The van der Waals surface area contributed by atoms with Crippen LogP contribution in [0.5, 0.6) is 5.75 Å². The molecular formula is C18H18ClN5O4S2. The third-order valence-corrected chi connectivity index (χ3v) is 6.17. The average Bonchev–Trinajstić information content (AvgIpc) is 3.16. The molecule has 1 heterocycles. The summed E-state index contributed by atoms with van der Waals surface area (Å²) in [6.45, 7) is 2.36. The minimum atomic E-state index is -3.43. The fourth-order valence-electron chi connectivity index (χ4n) is 2.48. The van der Waals surface area contributed by atoms with Gasteiger partial charge in [0.25, 0.3) is 0 Å². The number of amides is 1. The predicted molar refractivity (Wildman–Crippen MR) is 114 cm³/mol. The van der Waals surface area contributed by atoms with Crippen LogP contribution >= 0.6 is 23.4 Å². The third kappa shape index (κ3) is 5.29. The van der Waals surface area contributed by atoms with Gasteiger partial charge in [-0.05, 0) is 47.7 Å². The van der Waals surface area contributed by atoms with Crippen LogP contribution < -0.4 is 10.1 Å². The molecule has 1 amide bonds. The molecule has 3 aromatic rings. The quantitative estimate of drug-likeness (QED) is 0.502. The van der Waals surface area contributed by atoms with Crippen LogP contribution in [0.1, 0.15) is 6.92 Å². The van der Waals surface area contributed by atoms with Crippen molar-refractivity contribution in [3.05, 3.63) is 47.5 Å². The maximum atomic E-state index is 12.4. The summed E-state index contributed by atoms with van der Waals surface area (Å²) in [7, 11) is -3.43. The van der Waals surface area contributed by atoms with Crippen LogP contribution in [0.15, 0.2) is 52.5 Å². The summed E-state index contributed by atoms with van der Waals surface area (Å²) in [5.41, 5.74) is 0.864. The number of rotatable bonds is 8. The number of hydrogen-bond acceptors (Lipinski definition) is 8. The highest BCUT2D eigenvalue weighted by atomic mass is 35.5. The number of carbonyl (C=O) groups excluding carboxylic acids is 1. The highest BCUT2D eigenvalue weighted by Crippen LogP contribution is 2.27. The first-order chi connectivity index (χ1) is 14.3. The van der Waals surface area contributed by atoms with Gasteiger partial charge in [0.2, 0.25) is 11.1 Å². The molecule has 0 saturated carbocycles. The van der Waals surface area contributed by atoms with E-state index >= 15 is 0 Å². The molecule has 0 radical (unpaired) electrons. The van der Waals surface area contributed by atoms with E-state index in [1.165, 1.54) is 22.9 Å². The van der Waals surface area contributed by atoms with E-state index in [2.05, 4.69) is 20.8 Å². The lowest BCUT2D eigenvalue weighted by molar-refractivity contribution is -0.113. The van der Waals surface area contributed by atoms with Gasteiger partial charge in [0.1, 0.15) is 11.4 Å². The van der Waals surface area contributed by atoms with Crippen LogP contribution in [0.2, 0.25) is 5.02 Å². The number of ether oxygens (including phenoxy) is 1. The maximum absolute atomic E-state index is 12.4. The smallest absolute Gasteiger partial charge is 0.234 e. The molecule has 30 heavy (non-hydrogen) atoms. The molecule has 2 aromatic carbocycles. The van der Waals surface area contributed by atoms with Crippen molar-refractivity contribution in [2.24, 2.45) is 0 Å². The Hall–Kier alpha value is -2.63. The van der Waals surface area contributed by atoms with E-state index in [0.717, 1.165) is 18.0 Å². The zero-order valence-electron chi connectivity index (χ0n) is 16.1. The van der Waals surface area contributed by atoms with Crippen molar-refractivity contribution in [3.63, 3.8) is 0 Å². The standard InChI is InChI=1S/C18H18ClN5O4S2/c1-3-28-16-7-5-4-6-15(16)24-18(21-22-23-24)29-11-17(25)20-14-10-12(30(2,26)27)8-9-13(14)19/h4-10H,3,11H2,1-2H3,(H,20,25). The number of anilines is 1. The van der Waals surface area contributed by atoms with Crippen molar-refractivity contribution in [2.45, 2.75) is 17.0 Å². The number of tetrazole rings is 1. The fourth-order valence-corrected chi connectivity index (χ4v) is 3.97. The summed E-state index contributed by atoms with van der Waals surface area (Å²) < 4.78 is 30.5. The lowest BCUT2D eigenvalue weighted by Gasteiger charge is -2.11. The Labute approximate surface area is 182 Å². The topological polar surface area (TPSA) is 116 Å². The number of para-hydroxylation sites is 2. The predicted octanol–water partition coefficient (Wildman–Crippen LogP) is 2.85. The van der Waals surface area contributed by atoms with Gasteiger partial charge < -0.3 is 10.1 Å². The second kappa shape index (κ2) is 9.45. The minimum absolute atomic E-state index is 0.0173. The van der Waals surface area contributed by atoms with E-state index in [0.29, 0.717) is 23.2 Å². The summed E-state index contributed by atoms with van der Waals surface area (Å²) in [5.74, 6) is 0.208. The molecule has 0 aliphatic carbocycles. The van der Waals surface area contributed by atoms with Gasteiger partial charge in [-0.25, -0.2) is 8.42 Å². The molecule has 0 fully saturated rings. The van der Waals surface area contributed by atoms with Crippen molar-refractivity contribution in [1.82, 2.24) is 20.2 Å². The maximum Gasteiger partial charge on any atom is 0.234 e. The number of aromatic nitrogens is 4. The van der Waals surface area contributed by atoms with Gasteiger partial charge >= 0.3 is 0 Å². The highest BCUT2D eigenvalue weighted by molar-refractivity contribution is 7.99. The molecule has 0 bridgehead atoms. The summed E-state index contributed by atoms with van der Waals surface area (Å²) in [4.78, 5) is 12.5. The monoisotopic (exact) mass is 467 g/mol. The number of benzene rings is 2. The van der Waals surface area contributed by atoms with Crippen molar-refractivity contribution >= 4 is 44.8 Å². The summed E-state index contributed by atoms with van der Waals surface area (Å²) >= 11 is 7.19. The Bertz CT molecular complexity index is 1170. The van der Waals surface area contributed by atoms with E-state index < -0.39 is 9.84 Å². The van der Waals surface area contributed by atoms with E-state index in [-0.39, 0.29) is 27.3 Å². The van der Waals surface area contributed by atoms with Crippen LogP contribution in [0.25, 0.3) is 5.69 Å². The van der Waals surface area contributed by atoms with E-state index in [1.807, 2.05) is 25.1 Å². The number of nitrogens with one attached hydrogen (secondary N) is 1. The molecular weight excluding hydrogens is 450 g/mol. The molecule has 0 atom stereocenters. The van der Waals surface area contributed by atoms with Crippen molar-refractivity contribution < 1.29 is 17.9 Å². The molecule has 158 valence electrons. The lowest BCUT2D eigenvalue weighted by Crippen LogP contribution is -2.15. The van der Waals surface area contributed by atoms with Crippen molar-refractivity contribution in [3.8, 4) is 11.4 Å². The summed E-state index contributed by atoms with van der Waals surface area (Å²) in [6, 6.07) is 11.4. The highest BCUT2D eigenvalue weighted by Gasteiger charge is 2.16. The number of thioether (sulfide) groups is 1. The Kier molecular flexibility index (Phi) is 6.95. The number of halogens is 1. The fraction of sp³-hybridized carbons (Fsp3) is 0.222. The molecule has 1 aromatic heterocycles. The first kappa shape index (κ1) is 22.1. The average molecular weight is 468 g/mol. The normalized spacial score (nSPS) is 11.3. The van der Waals surface area contributed by atoms with Crippen molar-refractivity contribution in [1.29, 1.82) is 0 Å². The molecule has 3 rings (SSSR count). The number of nitrogens with zero attached hydrogens (tertiary/aromatic N) is 4. The van der Waals surface area contributed by atoms with Gasteiger partial charge in [-0.3, -0.25) is 4.79 Å². The Morgan fingerprint density at radius 3 is 2.77 bits per heavy atom. The summed E-state index contributed by atoms with van der Waals surface area (Å²) in [5, 5.41) is 14.9. The first-order valence-corrected chi connectivity index (χ1v) is 12.0. The van der Waals surface area contributed by atoms with Crippen LogP contribution in [0, 0.1) is 0 Å². The molecule has 0 aliphatic rings. The van der Waals surface area contributed by atoms with Crippen molar-refractivity contribution in [2.75, 3.05) is 23.9 Å². The molecule has 0 unspecified atom stereocenters. The third-order valence-electron chi connectivity index (χ3n) is 3.81. The van der Waals surface area contributed by atoms with Gasteiger partial charge in [-0.1, -0.05) is 35.5 Å². The van der Waals surface area contributed by atoms with Crippen LogP contribution in [-0.4, -0.2) is 53.1 Å². The van der Waals surface area contributed by atoms with E-state index in [9.17, 15) is 13.2 Å². The minimum Gasteiger partial charge on any atom is -0.492 e. The molecule has 0 spiro atoms. The van der Waals surface area contributed by atoms with E-state index in [4.69, 9.17) is 16.3 Å². The largest absolute Gasteiger partial charge is 0.492 e. The number of sulfone groups is 1. The van der Waals surface area contributed by atoms with Gasteiger partial charge in [0.05, 0.1) is 28.0 Å². The molecule has 9 nitrogen and oxygen atoms in total. The number of hydrogen-bond donors (Lipinski definition) is 1. The summed E-state index contributed by atoms with van der Waals surface area (Å²) in [6.07, 6.45) is 1.08. The molecule has 12 heteroatoms. The first-order valence-electron chi connectivity index (χ1n) is 8.72. The SMILES string of the molecule is CCOc1ccccc1-n1nnnc1SCC(=O)Nc1cc(S(C)(=O)=O)ccc1Cl. The number of carbonyl (C=O) groups is 1. The Morgan fingerprint density at radius 1 is 1.27 bits per heavy atom. The zero-order valence-corrected chi connectivity index (χ0v) is 18.5. The second-order valence-electron chi connectivity index (χ2n) is 6.02. The Balaban J connectivity index is 1.73. The van der Waals surface area contributed by atoms with Gasteiger partial charge in [-0.2, -0.15) is 4.68 Å². The lowest BCUT2D eigenvalue weighted by atomic mass is 10.3. The Morgan fingerprint density at radius 2 is 2.03 bits per heavy atom. The van der Waals surface area contributed by atoms with Crippen LogP contribution in [0.4, 0.5) is 5.69 Å². The van der Waals surface area contributed by atoms with E-state index in [1.54, 1.807) is 6.07 Å². The zero-order chi connectivity index (χ0) is 21.7. The molecule has 0 saturated heterocycles. The van der Waals surface area contributed by atoms with Gasteiger partial charge in [0.15, 0.2) is 9.84 Å². The molecule has 0 aliphatic heterocycles. The van der Waals surface area contributed by atoms with Crippen LogP contribution in [-0.2, 0) is 14.6 Å². The molecule has 1 N–H and O–H groups in total. The van der Waals surface area contributed by atoms with Gasteiger partial charge in [-0.15, -0.1) is 5.10 Å². The van der Waals surface area contributed by atoms with Gasteiger partial charge in [0, 0.05) is 6.26 Å². The second-order valence-corrected chi connectivity index (χ2v) is 9.39. The van der Waals surface area contributed by atoms with Crippen LogP contribution in [0.3, 0.4) is 0 Å².